The Kier molecular flexibility index (Phi) is 9.94. The summed E-state index contributed by atoms with van der Waals surface area (Å²) in [5, 5.41) is 0. The van der Waals surface area contributed by atoms with Crippen molar-refractivity contribution in [3.63, 3.8) is 0 Å². The van der Waals surface area contributed by atoms with Gasteiger partial charge in [-0.25, -0.2) is 9.78 Å². The molecule has 7 heteroatoms. The molecule has 1 aliphatic heterocycles. The summed E-state index contributed by atoms with van der Waals surface area (Å²) in [4.78, 5) is 21.6. The van der Waals surface area contributed by atoms with Gasteiger partial charge in [0, 0.05) is 45.5 Å². The summed E-state index contributed by atoms with van der Waals surface area (Å²) >= 11 is 0. The van der Waals surface area contributed by atoms with Crippen molar-refractivity contribution in [2.24, 2.45) is 0 Å². The molecule has 0 N–H and O–H groups in total. The summed E-state index contributed by atoms with van der Waals surface area (Å²) in [5.74, 6) is -0.113. The van der Waals surface area contributed by atoms with Crippen molar-refractivity contribution in [1.82, 2.24) is 14.8 Å². The second kappa shape index (κ2) is 13.2. The van der Waals surface area contributed by atoms with Gasteiger partial charge in [0.05, 0.1) is 7.11 Å². The van der Waals surface area contributed by atoms with Crippen LogP contribution in [0.15, 0.2) is 42.5 Å². The van der Waals surface area contributed by atoms with E-state index in [0.717, 1.165) is 64.2 Å². The number of methoxy groups -OCH3 is 2. The minimum Gasteiger partial charge on any atom is -0.465 e. The Bertz CT molecular complexity index is 823. The van der Waals surface area contributed by atoms with Crippen LogP contribution in [0.4, 0.5) is 0 Å². The molecule has 174 valence electrons. The van der Waals surface area contributed by atoms with Crippen molar-refractivity contribution in [1.29, 1.82) is 0 Å². The predicted octanol–water partition coefficient (Wildman–Crippen LogP) is 3.38. The van der Waals surface area contributed by atoms with E-state index >= 15 is 0 Å². The molecule has 2 heterocycles. The van der Waals surface area contributed by atoms with Crippen LogP contribution in [-0.2, 0) is 22.4 Å². The second-order valence-corrected chi connectivity index (χ2v) is 8.11. The zero-order valence-corrected chi connectivity index (χ0v) is 19.3. The molecule has 32 heavy (non-hydrogen) atoms. The van der Waals surface area contributed by atoms with Crippen LogP contribution in [0.5, 0.6) is 5.75 Å². The van der Waals surface area contributed by atoms with Crippen LogP contribution < -0.4 is 4.74 Å². The normalized spacial score (nSPS) is 14.9. The van der Waals surface area contributed by atoms with Gasteiger partial charge in [-0.2, -0.15) is 0 Å². The number of aryl methyl sites for hydroxylation is 1. The molecule has 7 nitrogen and oxygen atoms in total. The van der Waals surface area contributed by atoms with E-state index in [-0.39, 0.29) is 12.5 Å². The molecule has 1 fully saturated rings. The molecule has 1 aliphatic rings. The third-order valence-corrected chi connectivity index (χ3v) is 5.75. The van der Waals surface area contributed by atoms with Crippen molar-refractivity contribution in [2.45, 2.75) is 32.2 Å². The Balaban J connectivity index is 1.34. The highest BCUT2D eigenvalue weighted by atomic mass is 16.7. The smallest absolute Gasteiger partial charge is 0.360 e. The standard InChI is InChI=1S/C25H35N3O4/c1-30-20-32-23-13-12-22(26-24(23)25(29)31-2)11-7-4-8-14-27-15-17-28(18-16-27)19-21-9-5-3-6-10-21/h3,5-6,9-10,12-13H,4,7-8,11,14-20H2,1-2H3. The third-order valence-electron chi connectivity index (χ3n) is 5.75. The van der Waals surface area contributed by atoms with Gasteiger partial charge in [0.25, 0.3) is 0 Å². The number of hydrogen-bond acceptors (Lipinski definition) is 7. The molecule has 0 spiro atoms. The van der Waals surface area contributed by atoms with E-state index in [1.165, 1.54) is 26.2 Å². The van der Waals surface area contributed by atoms with E-state index in [1.54, 1.807) is 6.07 Å². The average Bonchev–Trinajstić information content (AvgIpc) is 2.84. The number of benzene rings is 1. The number of nitrogens with zero attached hydrogens (tertiary/aromatic N) is 3. The highest BCUT2D eigenvalue weighted by molar-refractivity contribution is 5.90. The fraction of sp³-hybridized carbons (Fsp3) is 0.520. The van der Waals surface area contributed by atoms with Crippen LogP contribution in [0.3, 0.4) is 0 Å². The Morgan fingerprint density at radius 3 is 2.41 bits per heavy atom. The molecule has 3 rings (SSSR count). The largest absolute Gasteiger partial charge is 0.465 e. The summed E-state index contributed by atoms with van der Waals surface area (Å²) in [6.07, 6.45) is 4.19. The van der Waals surface area contributed by atoms with Crippen molar-refractivity contribution < 1.29 is 19.0 Å². The number of aromatic nitrogens is 1. The van der Waals surface area contributed by atoms with E-state index in [0.29, 0.717) is 5.75 Å². The lowest BCUT2D eigenvalue weighted by molar-refractivity contribution is 0.0457. The molecule has 0 amide bonds. The zero-order chi connectivity index (χ0) is 22.6. The number of unbranched alkanes of at least 4 members (excludes halogenated alkanes) is 2. The molecular formula is C25H35N3O4. The monoisotopic (exact) mass is 441 g/mol. The van der Waals surface area contributed by atoms with Crippen LogP contribution in [0.25, 0.3) is 0 Å². The van der Waals surface area contributed by atoms with E-state index in [2.05, 4.69) is 45.1 Å². The van der Waals surface area contributed by atoms with Gasteiger partial charge in [-0.05, 0) is 43.5 Å². The van der Waals surface area contributed by atoms with Gasteiger partial charge in [-0.15, -0.1) is 0 Å². The summed E-state index contributed by atoms with van der Waals surface area (Å²) in [7, 11) is 2.88. The van der Waals surface area contributed by atoms with Crippen molar-refractivity contribution in [3.8, 4) is 5.75 Å². The van der Waals surface area contributed by atoms with Crippen LogP contribution in [-0.4, -0.2) is 74.5 Å². The lowest BCUT2D eigenvalue weighted by atomic mass is 10.1. The first-order chi connectivity index (χ1) is 15.7. The third kappa shape index (κ3) is 7.58. The summed E-state index contributed by atoms with van der Waals surface area (Å²) in [6.45, 7) is 6.79. The highest BCUT2D eigenvalue weighted by Crippen LogP contribution is 2.19. The number of ether oxygens (including phenoxy) is 3. The molecule has 0 atom stereocenters. The van der Waals surface area contributed by atoms with Crippen LogP contribution in [0.1, 0.15) is 41.0 Å². The summed E-state index contributed by atoms with van der Waals surface area (Å²) in [5.41, 5.74) is 2.48. The first kappa shape index (κ1) is 24.2. The molecule has 0 bridgehead atoms. The molecule has 1 aromatic carbocycles. The number of hydrogen-bond donors (Lipinski definition) is 0. The van der Waals surface area contributed by atoms with Crippen LogP contribution in [0.2, 0.25) is 0 Å². The molecule has 1 aromatic heterocycles. The molecule has 0 unspecified atom stereocenters. The molecular weight excluding hydrogens is 406 g/mol. The lowest BCUT2D eigenvalue weighted by Gasteiger charge is -2.34. The van der Waals surface area contributed by atoms with Gasteiger partial charge in [-0.1, -0.05) is 36.8 Å². The van der Waals surface area contributed by atoms with Gasteiger partial charge in [0.1, 0.15) is 0 Å². The van der Waals surface area contributed by atoms with Crippen LogP contribution in [0, 0.1) is 0 Å². The van der Waals surface area contributed by atoms with Gasteiger partial charge < -0.3 is 19.1 Å². The number of piperazine rings is 1. The van der Waals surface area contributed by atoms with E-state index in [9.17, 15) is 4.79 Å². The Hall–Kier alpha value is -2.48. The predicted molar refractivity (Wildman–Crippen MR) is 124 cm³/mol. The Morgan fingerprint density at radius 1 is 0.938 bits per heavy atom. The SMILES string of the molecule is COCOc1ccc(CCCCCN2CCN(Cc3ccccc3)CC2)nc1C(=O)OC. The highest BCUT2D eigenvalue weighted by Gasteiger charge is 2.17. The fourth-order valence-electron chi connectivity index (χ4n) is 3.94. The van der Waals surface area contributed by atoms with Gasteiger partial charge in [0.15, 0.2) is 18.2 Å². The van der Waals surface area contributed by atoms with E-state index < -0.39 is 5.97 Å². The zero-order valence-electron chi connectivity index (χ0n) is 19.3. The van der Waals surface area contributed by atoms with Crippen LogP contribution >= 0.6 is 0 Å². The molecule has 2 aromatic rings. The van der Waals surface area contributed by atoms with Gasteiger partial charge in [0.2, 0.25) is 0 Å². The maximum Gasteiger partial charge on any atom is 0.360 e. The number of carbonyl (C=O) groups excluding carboxylic acids is 1. The van der Waals surface area contributed by atoms with Gasteiger partial charge in [-0.3, -0.25) is 4.90 Å². The van der Waals surface area contributed by atoms with Crippen molar-refractivity contribution in [3.05, 3.63) is 59.4 Å². The molecule has 0 saturated carbocycles. The average molecular weight is 442 g/mol. The topological polar surface area (TPSA) is 64.1 Å². The van der Waals surface area contributed by atoms with Crippen molar-refractivity contribution >= 4 is 5.97 Å². The maximum atomic E-state index is 12.0. The minimum atomic E-state index is -0.496. The quantitative estimate of drug-likeness (QED) is 0.284. The fourth-order valence-corrected chi connectivity index (χ4v) is 3.94. The summed E-state index contributed by atoms with van der Waals surface area (Å²) < 4.78 is 15.2. The number of esters is 1. The van der Waals surface area contributed by atoms with Crippen molar-refractivity contribution in [2.75, 3.05) is 53.7 Å². The molecule has 0 radical (unpaired) electrons. The van der Waals surface area contributed by atoms with Gasteiger partial charge >= 0.3 is 5.97 Å². The molecule has 1 saturated heterocycles. The van der Waals surface area contributed by atoms with E-state index in [4.69, 9.17) is 14.2 Å². The number of carbonyl (C=O) groups is 1. The lowest BCUT2D eigenvalue weighted by Crippen LogP contribution is -2.46. The Morgan fingerprint density at radius 2 is 1.69 bits per heavy atom. The second-order valence-electron chi connectivity index (χ2n) is 8.11. The first-order valence-corrected chi connectivity index (χ1v) is 11.4. The summed E-state index contributed by atoms with van der Waals surface area (Å²) in [6, 6.07) is 14.4. The molecule has 0 aliphatic carbocycles. The Labute approximate surface area is 191 Å². The van der Waals surface area contributed by atoms with E-state index in [1.807, 2.05) is 6.07 Å². The minimum absolute atomic E-state index is 0.0610. The first-order valence-electron chi connectivity index (χ1n) is 11.4. The number of pyridine rings is 1. The maximum absolute atomic E-state index is 12.0. The number of rotatable bonds is 12.